The number of rotatable bonds is 7. The molecule has 3 rings (SSSR count). The van der Waals surface area contributed by atoms with Gasteiger partial charge in [0, 0.05) is 35.9 Å². The van der Waals surface area contributed by atoms with Gasteiger partial charge in [0.05, 0.1) is 17.6 Å². The molecule has 0 saturated carbocycles. The smallest absolute Gasteiger partial charge is 0.293 e. The number of nitro benzene ring substituents is 1. The predicted octanol–water partition coefficient (Wildman–Crippen LogP) is 3.62. The summed E-state index contributed by atoms with van der Waals surface area (Å²) in [5, 5.41) is 17.4. The molecule has 2 N–H and O–H groups in total. The average molecular weight is 387 g/mol. The van der Waals surface area contributed by atoms with E-state index in [0.29, 0.717) is 18.8 Å². The van der Waals surface area contributed by atoms with Crippen molar-refractivity contribution < 1.29 is 14.5 Å². The Morgan fingerprint density at radius 1 is 1.33 bits per heavy atom. The molecule has 0 fully saturated rings. The fraction of sp³-hybridized carbons (Fsp3) is 0.316. The molecule has 2 aromatic rings. The zero-order valence-electron chi connectivity index (χ0n) is 14.9. The Balaban J connectivity index is 1.77. The summed E-state index contributed by atoms with van der Waals surface area (Å²) in [5.74, 6) is 0.609. The van der Waals surface area contributed by atoms with Gasteiger partial charge in [-0.15, -0.1) is 11.8 Å². The van der Waals surface area contributed by atoms with Crippen LogP contribution in [-0.4, -0.2) is 36.8 Å². The third-order valence-electron chi connectivity index (χ3n) is 4.34. The van der Waals surface area contributed by atoms with Gasteiger partial charge < -0.3 is 15.4 Å². The van der Waals surface area contributed by atoms with Crippen LogP contribution in [0.4, 0.5) is 11.4 Å². The molecular formula is C19H21N3O4S. The number of carbonyl (C=O) groups is 1. The molecule has 2 aromatic carbocycles. The van der Waals surface area contributed by atoms with Crippen LogP contribution in [0, 0.1) is 10.1 Å². The van der Waals surface area contributed by atoms with Gasteiger partial charge in [-0.1, -0.05) is 18.2 Å². The van der Waals surface area contributed by atoms with E-state index < -0.39 is 4.92 Å². The lowest BCUT2D eigenvalue weighted by Gasteiger charge is -2.25. The first-order valence-corrected chi connectivity index (χ1v) is 9.62. The zero-order valence-corrected chi connectivity index (χ0v) is 15.8. The number of amides is 1. The predicted molar refractivity (Wildman–Crippen MR) is 105 cm³/mol. The molecular weight excluding hydrogens is 366 g/mol. The SMILES string of the molecule is COCCNc1ccc(C(=O)NC2CCSc3ccccc32)cc1[N+](=O)[O-]. The molecule has 0 saturated heterocycles. The van der Waals surface area contributed by atoms with E-state index in [2.05, 4.69) is 10.6 Å². The Morgan fingerprint density at radius 3 is 2.93 bits per heavy atom. The molecule has 1 unspecified atom stereocenters. The second kappa shape index (κ2) is 8.88. The van der Waals surface area contributed by atoms with Crippen LogP contribution in [0.2, 0.25) is 0 Å². The maximum atomic E-state index is 12.7. The molecule has 1 heterocycles. The zero-order chi connectivity index (χ0) is 19.2. The fourth-order valence-corrected chi connectivity index (χ4v) is 4.12. The Bertz CT molecular complexity index is 843. The number of nitro groups is 1. The summed E-state index contributed by atoms with van der Waals surface area (Å²) >= 11 is 1.77. The lowest BCUT2D eigenvalue weighted by Crippen LogP contribution is -2.30. The van der Waals surface area contributed by atoms with E-state index in [0.717, 1.165) is 22.6 Å². The minimum Gasteiger partial charge on any atom is -0.383 e. The monoisotopic (exact) mass is 387 g/mol. The highest BCUT2D eigenvalue weighted by atomic mass is 32.2. The Hall–Kier alpha value is -2.58. The molecule has 7 nitrogen and oxygen atoms in total. The summed E-state index contributed by atoms with van der Waals surface area (Å²) in [6, 6.07) is 12.4. The minimum absolute atomic E-state index is 0.0893. The Labute approximate surface area is 161 Å². The van der Waals surface area contributed by atoms with E-state index in [1.165, 1.54) is 6.07 Å². The molecule has 8 heteroatoms. The summed E-state index contributed by atoms with van der Waals surface area (Å²) in [6.07, 6.45) is 0.826. The third-order valence-corrected chi connectivity index (χ3v) is 5.46. The Kier molecular flexibility index (Phi) is 6.31. The average Bonchev–Trinajstić information content (AvgIpc) is 2.68. The number of benzene rings is 2. The van der Waals surface area contributed by atoms with Crippen LogP contribution in [0.5, 0.6) is 0 Å². The van der Waals surface area contributed by atoms with Gasteiger partial charge >= 0.3 is 0 Å². The fourth-order valence-electron chi connectivity index (χ4n) is 2.99. The Morgan fingerprint density at radius 2 is 2.15 bits per heavy atom. The van der Waals surface area contributed by atoms with Crippen molar-refractivity contribution in [3.63, 3.8) is 0 Å². The summed E-state index contributed by atoms with van der Waals surface area (Å²) in [7, 11) is 1.56. The van der Waals surface area contributed by atoms with Gasteiger partial charge in [0.2, 0.25) is 0 Å². The highest BCUT2D eigenvalue weighted by Crippen LogP contribution is 2.36. The number of fused-ring (bicyclic) bond motifs is 1. The molecule has 1 aliphatic heterocycles. The number of ether oxygens (including phenoxy) is 1. The van der Waals surface area contributed by atoms with Gasteiger partial charge in [-0.3, -0.25) is 14.9 Å². The first kappa shape index (κ1) is 19.2. The van der Waals surface area contributed by atoms with E-state index >= 15 is 0 Å². The van der Waals surface area contributed by atoms with E-state index in [1.807, 2.05) is 24.3 Å². The quantitative estimate of drug-likeness (QED) is 0.428. The molecule has 1 aliphatic rings. The van der Waals surface area contributed by atoms with Gasteiger partial charge in [0.25, 0.3) is 11.6 Å². The molecule has 0 aliphatic carbocycles. The van der Waals surface area contributed by atoms with E-state index in [9.17, 15) is 14.9 Å². The summed E-state index contributed by atoms with van der Waals surface area (Å²) in [4.78, 5) is 24.7. The topological polar surface area (TPSA) is 93.5 Å². The molecule has 0 bridgehead atoms. The minimum atomic E-state index is -0.488. The molecule has 142 valence electrons. The van der Waals surface area contributed by atoms with Crippen LogP contribution < -0.4 is 10.6 Å². The maximum absolute atomic E-state index is 12.7. The normalized spacial score (nSPS) is 15.7. The van der Waals surface area contributed by atoms with Crippen molar-refractivity contribution >= 4 is 29.0 Å². The van der Waals surface area contributed by atoms with Gasteiger partial charge in [0.15, 0.2) is 0 Å². The van der Waals surface area contributed by atoms with Crippen molar-refractivity contribution in [2.24, 2.45) is 0 Å². The van der Waals surface area contributed by atoms with Crippen molar-refractivity contribution in [2.45, 2.75) is 17.4 Å². The lowest BCUT2D eigenvalue weighted by molar-refractivity contribution is -0.384. The second-order valence-corrected chi connectivity index (χ2v) is 7.25. The maximum Gasteiger partial charge on any atom is 0.293 e. The van der Waals surface area contributed by atoms with Gasteiger partial charge in [0.1, 0.15) is 5.69 Å². The number of anilines is 1. The second-order valence-electron chi connectivity index (χ2n) is 6.11. The van der Waals surface area contributed by atoms with Gasteiger partial charge in [-0.05, 0) is 30.2 Å². The van der Waals surface area contributed by atoms with Crippen LogP contribution in [0.25, 0.3) is 0 Å². The molecule has 1 atom stereocenters. The number of hydrogen-bond acceptors (Lipinski definition) is 6. The van der Waals surface area contributed by atoms with Crippen LogP contribution in [0.15, 0.2) is 47.4 Å². The highest BCUT2D eigenvalue weighted by molar-refractivity contribution is 7.99. The van der Waals surface area contributed by atoms with Crippen LogP contribution >= 0.6 is 11.8 Å². The number of hydrogen-bond donors (Lipinski definition) is 2. The van der Waals surface area contributed by atoms with Crippen molar-refractivity contribution in [2.75, 3.05) is 31.3 Å². The number of nitrogens with zero attached hydrogens (tertiary/aromatic N) is 1. The lowest BCUT2D eigenvalue weighted by atomic mass is 10.0. The van der Waals surface area contributed by atoms with E-state index in [1.54, 1.807) is 31.0 Å². The van der Waals surface area contributed by atoms with Crippen LogP contribution in [-0.2, 0) is 4.74 Å². The van der Waals surface area contributed by atoms with E-state index in [4.69, 9.17) is 4.74 Å². The summed E-state index contributed by atoms with van der Waals surface area (Å²) in [6.45, 7) is 0.873. The first-order chi connectivity index (χ1) is 13.1. The van der Waals surface area contributed by atoms with Crippen molar-refractivity contribution in [1.29, 1.82) is 0 Å². The van der Waals surface area contributed by atoms with Crippen molar-refractivity contribution in [3.05, 3.63) is 63.7 Å². The molecule has 27 heavy (non-hydrogen) atoms. The van der Waals surface area contributed by atoms with Crippen LogP contribution in [0.1, 0.15) is 28.4 Å². The third kappa shape index (κ3) is 4.58. The number of methoxy groups -OCH3 is 1. The van der Waals surface area contributed by atoms with E-state index in [-0.39, 0.29) is 23.2 Å². The first-order valence-electron chi connectivity index (χ1n) is 8.64. The van der Waals surface area contributed by atoms with Gasteiger partial charge in [-0.25, -0.2) is 0 Å². The summed E-state index contributed by atoms with van der Waals surface area (Å²) in [5.41, 5.74) is 1.61. The molecule has 0 spiro atoms. The molecule has 0 radical (unpaired) electrons. The standard InChI is InChI=1S/C19H21N3O4S/c1-26-10-9-20-16-7-6-13(12-17(16)22(24)25)19(23)21-15-8-11-27-18-5-3-2-4-14(15)18/h2-7,12,15,20H,8-11H2,1H3,(H,21,23). The van der Waals surface area contributed by atoms with Crippen molar-refractivity contribution in [3.8, 4) is 0 Å². The summed E-state index contributed by atoms with van der Waals surface area (Å²) < 4.78 is 4.94. The number of nitrogens with one attached hydrogen (secondary N) is 2. The van der Waals surface area contributed by atoms with Crippen molar-refractivity contribution in [1.82, 2.24) is 5.32 Å². The molecule has 1 amide bonds. The number of thioether (sulfide) groups is 1. The largest absolute Gasteiger partial charge is 0.383 e. The highest BCUT2D eigenvalue weighted by Gasteiger charge is 2.24. The van der Waals surface area contributed by atoms with Gasteiger partial charge in [-0.2, -0.15) is 0 Å². The van der Waals surface area contributed by atoms with Crippen LogP contribution in [0.3, 0.4) is 0 Å². The molecule has 0 aromatic heterocycles. The number of carbonyl (C=O) groups excluding carboxylic acids is 1.